The van der Waals surface area contributed by atoms with Crippen molar-refractivity contribution in [1.29, 1.82) is 0 Å². The number of ether oxygens (including phenoxy) is 1. The minimum Gasteiger partial charge on any atom is -0.381 e. The molecule has 0 spiro atoms. The SMILES string of the molecule is NC1(C(=O)Nc2ccc(-n3cccn3)cc2)CCOCC1. The number of hydrogen-bond acceptors (Lipinski definition) is 4. The summed E-state index contributed by atoms with van der Waals surface area (Å²) in [6.45, 7) is 1.06. The van der Waals surface area contributed by atoms with Crippen LogP contribution in [0.5, 0.6) is 0 Å². The van der Waals surface area contributed by atoms with Crippen LogP contribution in [0.1, 0.15) is 12.8 Å². The summed E-state index contributed by atoms with van der Waals surface area (Å²) in [6.07, 6.45) is 4.68. The summed E-state index contributed by atoms with van der Waals surface area (Å²) < 4.78 is 7.01. The molecule has 1 amide bonds. The van der Waals surface area contributed by atoms with E-state index < -0.39 is 5.54 Å². The van der Waals surface area contributed by atoms with Crippen molar-refractivity contribution < 1.29 is 9.53 Å². The summed E-state index contributed by atoms with van der Waals surface area (Å²) >= 11 is 0. The lowest BCUT2D eigenvalue weighted by Crippen LogP contribution is -2.54. The topological polar surface area (TPSA) is 82.2 Å². The predicted octanol–water partition coefficient (Wildman–Crippen LogP) is 1.32. The summed E-state index contributed by atoms with van der Waals surface area (Å²) in [5.74, 6) is -0.155. The van der Waals surface area contributed by atoms with Crippen LogP contribution in [-0.2, 0) is 9.53 Å². The number of benzene rings is 1. The van der Waals surface area contributed by atoms with Crippen LogP contribution in [0.2, 0.25) is 0 Å². The van der Waals surface area contributed by atoms with Gasteiger partial charge in [-0.05, 0) is 43.2 Å². The zero-order valence-electron chi connectivity index (χ0n) is 11.7. The van der Waals surface area contributed by atoms with Crippen LogP contribution in [0.4, 0.5) is 5.69 Å². The van der Waals surface area contributed by atoms with Crippen LogP contribution in [0.3, 0.4) is 0 Å². The van der Waals surface area contributed by atoms with Gasteiger partial charge in [0.15, 0.2) is 0 Å². The van der Waals surface area contributed by atoms with Gasteiger partial charge in [-0.2, -0.15) is 5.10 Å². The molecule has 0 radical (unpaired) electrons. The molecule has 1 aromatic heterocycles. The highest BCUT2D eigenvalue weighted by atomic mass is 16.5. The molecule has 3 rings (SSSR count). The first-order valence-corrected chi connectivity index (χ1v) is 6.96. The Hall–Kier alpha value is -2.18. The fourth-order valence-electron chi connectivity index (χ4n) is 2.34. The molecule has 0 unspecified atom stereocenters. The van der Waals surface area contributed by atoms with Gasteiger partial charge < -0.3 is 15.8 Å². The van der Waals surface area contributed by atoms with Gasteiger partial charge in [-0.25, -0.2) is 4.68 Å². The molecule has 1 aromatic carbocycles. The molecule has 2 heterocycles. The first-order chi connectivity index (χ1) is 10.2. The van der Waals surface area contributed by atoms with Gasteiger partial charge in [0.1, 0.15) is 5.54 Å². The van der Waals surface area contributed by atoms with Crippen LogP contribution in [0, 0.1) is 0 Å². The van der Waals surface area contributed by atoms with Gasteiger partial charge in [0.25, 0.3) is 0 Å². The molecule has 1 aliphatic rings. The second-order valence-corrected chi connectivity index (χ2v) is 5.22. The van der Waals surface area contributed by atoms with E-state index >= 15 is 0 Å². The molecule has 1 saturated heterocycles. The predicted molar refractivity (Wildman–Crippen MR) is 79.2 cm³/mol. The van der Waals surface area contributed by atoms with Gasteiger partial charge in [0.2, 0.25) is 5.91 Å². The number of carbonyl (C=O) groups is 1. The smallest absolute Gasteiger partial charge is 0.244 e. The lowest BCUT2D eigenvalue weighted by molar-refractivity contribution is -0.124. The van der Waals surface area contributed by atoms with Gasteiger partial charge in [-0.1, -0.05) is 0 Å². The molecule has 0 saturated carbocycles. The molecule has 21 heavy (non-hydrogen) atoms. The average Bonchev–Trinajstić information content (AvgIpc) is 3.03. The van der Waals surface area contributed by atoms with Gasteiger partial charge >= 0.3 is 0 Å². The van der Waals surface area contributed by atoms with E-state index in [1.54, 1.807) is 10.9 Å². The minimum atomic E-state index is -0.834. The number of aromatic nitrogens is 2. The molecule has 1 fully saturated rings. The summed E-state index contributed by atoms with van der Waals surface area (Å²) in [6, 6.07) is 9.35. The summed E-state index contributed by atoms with van der Waals surface area (Å²) in [4.78, 5) is 12.3. The largest absolute Gasteiger partial charge is 0.381 e. The first kappa shape index (κ1) is 13.8. The van der Waals surface area contributed by atoms with Crippen LogP contribution in [0.25, 0.3) is 5.69 Å². The van der Waals surface area contributed by atoms with E-state index in [0.29, 0.717) is 26.1 Å². The number of nitrogens with zero attached hydrogens (tertiary/aromatic N) is 2. The van der Waals surface area contributed by atoms with Crippen molar-refractivity contribution in [3.05, 3.63) is 42.7 Å². The van der Waals surface area contributed by atoms with Crippen molar-refractivity contribution in [2.45, 2.75) is 18.4 Å². The Morgan fingerprint density at radius 3 is 2.62 bits per heavy atom. The van der Waals surface area contributed by atoms with Crippen molar-refractivity contribution >= 4 is 11.6 Å². The number of nitrogens with two attached hydrogens (primary N) is 1. The first-order valence-electron chi connectivity index (χ1n) is 6.96. The van der Waals surface area contributed by atoms with Crippen LogP contribution >= 0.6 is 0 Å². The molecule has 0 aliphatic carbocycles. The highest BCUT2D eigenvalue weighted by molar-refractivity contribution is 5.98. The Bertz CT molecular complexity index is 601. The Balaban J connectivity index is 1.69. The summed E-state index contributed by atoms with van der Waals surface area (Å²) in [5.41, 5.74) is 6.98. The maximum Gasteiger partial charge on any atom is 0.244 e. The van der Waals surface area contributed by atoms with Crippen molar-refractivity contribution in [1.82, 2.24) is 9.78 Å². The van der Waals surface area contributed by atoms with Gasteiger partial charge in [0, 0.05) is 31.3 Å². The third-order valence-corrected chi connectivity index (χ3v) is 3.73. The van der Waals surface area contributed by atoms with E-state index in [4.69, 9.17) is 10.5 Å². The number of amides is 1. The normalized spacial score (nSPS) is 17.4. The van der Waals surface area contributed by atoms with Crippen molar-refractivity contribution in [2.24, 2.45) is 5.73 Å². The number of rotatable bonds is 3. The molecule has 3 N–H and O–H groups in total. The lowest BCUT2D eigenvalue weighted by Gasteiger charge is -2.31. The molecule has 6 nitrogen and oxygen atoms in total. The van der Waals surface area contributed by atoms with E-state index in [9.17, 15) is 4.79 Å². The molecular weight excluding hydrogens is 268 g/mol. The summed E-state index contributed by atoms with van der Waals surface area (Å²) in [5, 5.41) is 7.03. The standard InChI is InChI=1S/C15H18N4O2/c16-15(6-10-21-11-7-15)14(20)18-12-2-4-13(5-3-12)19-9-1-8-17-19/h1-5,8-9H,6-7,10-11,16H2,(H,18,20). The van der Waals surface area contributed by atoms with Crippen molar-refractivity contribution in [3.8, 4) is 5.69 Å². The van der Waals surface area contributed by atoms with Crippen LogP contribution < -0.4 is 11.1 Å². The number of carbonyl (C=O) groups excluding carboxylic acids is 1. The zero-order valence-corrected chi connectivity index (χ0v) is 11.7. The van der Waals surface area contributed by atoms with Gasteiger partial charge in [-0.15, -0.1) is 0 Å². The Labute approximate surface area is 122 Å². The van der Waals surface area contributed by atoms with E-state index in [1.807, 2.05) is 36.5 Å². The minimum absolute atomic E-state index is 0.155. The van der Waals surface area contributed by atoms with Crippen molar-refractivity contribution in [2.75, 3.05) is 18.5 Å². The Morgan fingerprint density at radius 1 is 1.29 bits per heavy atom. The van der Waals surface area contributed by atoms with Crippen molar-refractivity contribution in [3.63, 3.8) is 0 Å². The molecule has 1 aliphatic heterocycles. The fourth-order valence-corrected chi connectivity index (χ4v) is 2.34. The number of hydrogen-bond donors (Lipinski definition) is 2. The highest BCUT2D eigenvalue weighted by Gasteiger charge is 2.35. The highest BCUT2D eigenvalue weighted by Crippen LogP contribution is 2.20. The van der Waals surface area contributed by atoms with E-state index in [1.165, 1.54) is 0 Å². The van der Waals surface area contributed by atoms with Gasteiger partial charge in [-0.3, -0.25) is 4.79 Å². The summed E-state index contributed by atoms with van der Waals surface area (Å²) in [7, 11) is 0. The Kier molecular flexibility index (Phi) is 3.72. The third kappa shape index (κ3) is 2.96. The maximum absolute atomic E-state index is 12.3. The monoisotopic (exact) mass is 286 g/mol. The van der Waals surface area contributed by atoms with Gasteiger partial charge in [0.05, 0.1) is 5.69 Å². The van der Waals surface area contributed by atoms with Crippen LogP contribution in [0.15, 0.2) is 42.7 Å². The molecular formula is C15H18N4O2. The molecule has 0 atom stereocenters. The molecule has 2 aromatic rings. The molecule has 6 heteroatoms. The number of nitrogens with one attached hydrogen (secondary N) is 1. The fraction of sp³-hybridized carbons (Fsp3) is 0.333. The number of anilines is 1. The zero-order chi connectivity index (χ0) is 14.7. The van der Waals surface area contributed by atoms with E-state index in [-0.39, 0.29) is 5.91 Å². The quantitative estimate of drug-likeness (QED) is 0.891. The van der Waals surface area contributed by atoms with E-state index in [0.717, 1.165) is 11.4 Å². The second-order valence-electron chi connectivity index (χ2n) is 5.22. The Morgan fingerprint density at radius 2 is 2.00 bits per heavy atom. The average molecular weight is 286 g/mol. The maximum atomic E-state index is 12.3. The molecule has 0 bridgehead atoms. The van der Waals surface area contributed by atoms with E-state index in [2.05, 4.69) is 10.4 Å². The van der Waals surface area contributed by atoms with Crippen LogP contribution in [-0.4, -0.2) is 34.4 Å². The third-order valence-electron chi connectivity index (χ3n) is 3.73. The second kappa shape index (κ2) is 5.67. The lowest BCUT2D eigenvalue weighted by atomic mass is 9.90. The molecule has 110 valence electrons.